The standard InChI is InChI=1S/C14H14BrClINS/c1-2-7-18-13(9-5-3-4-6-11(9)17)12-8-10(16)14(15)19-12/h3-6,8,13,18H,2,7H2,1H3. The third kappa shape index (κ3) is 3.94. The zero-order chi connectivity index (χ0) is 13.8. The summed E-state index contributed by atoms with van der Waals surface area (Å²) in [6, 6.07) is 10.7. The molecule has 0 bridgehead atoms. The molecule has 1 aromatic heterocycles. The monoisotopic (exact) mass is 469 g/mol. The van der Waals surface area contributed by atoms with Crippen LogP contribution in [0.5, 0.6) is 0 Å². The Morgan fingerprint density at radius 3 is 2.74 bits per heavy atom. The number of hydrogen-bond donors (Lipinski definition) is 1. The van der Waals surface area contributed by atoms with E-state index >= 15 is 0 Å². The molecule has 0 radical (unpaired) electrons. The summed E-state index contributed by atoms with van der Waals surface area (Å²) in [6.45, 7) is 3.17. The first kappa shape index (κ1) is 15.8. The van der Waals surface area contributed by atoms with E-state index < -0.39 is 0 Å². The highest BCUT2D eigenvalue weighted by atomic mass is 127. The summed E-state index contributed by atoms with van der Waals surface area (Å²) in [6.07, 6.45) is 1.11. The van der Waals surface area contributed by atoms with Crippen molar-refractivity contribution in [2.24, 2.45) is 0 Å². The summed E-state index contributed by atoms with van der Waals surface area (Å²) in [5.74, 6) is 0. The van der Waals surface area contributed by atoms with Crippen LogP contribution in [-0.4, -0.2) is 6.54 Å². The van der Waals surface area contributed by atoms with Gasteiger partial charge in [-0.1, -0.05) is 36.7 Å². The lowest BCUT2D eigenvalue weighted by molar-refractivity contribution is 0.604. The van der Waals surface area contributed by atoms with Crippen LogP contribution in [0.4, 0.5) is 0 Å². The van der Waals surface area contributed by atoms with Crippen molar-refractivity contribution in [2.75, 3.05) is 6.54 Å². The fourth-order valence-electron chi connectivity index (χ4n) is 1.87. The Kier molecular flexibility index (Phi) is 6.14. The minimum absolute atomic E-state index is 0.210. The van der Waals surface area contributed by atoms with Gasteiger partial charge in [0.1, 0.15) is 0 Å². The van der Waals surface area contributed by atoms with Crippen LogP contribution < -0.4 is 5.32 Å². The van der Waals surface area contributed by atoms with Gasteiger partial charge in [-0.15, -0.1) is 11.3 Å². The molecule has 19 heavy (non-hydrogen) atoms. The van der Waals surface area contributed by atoms with Crippen molar-refractivity contribution in [3.8, 4) is 0 Å². The zero-order valence-electron chi connectivity index (χ0n) is 10.4. The van der Waals surface area contributed by atoms with E-state index in [1.54, 1.807) is 11.3 Å². The Balaban J connectivity index is 2.38. The largest absolute Gasteiger partial charge is 0.306 e. The Hall–Kier alpha value is 0.380. The van der Waals surface area contributed by atoms with Crippen LogP contribution >= 0.6 is 61.5 Å². The summed E-state index contributed by atoms with van der Waals surface area (Å²) in [4.78, 5) is 1.24. The second-order valence-electron chi connectivity index (χ2n) is 4.18. The van der Waals surface area contributed by atoms with E-state index in [9.17, 15) is 0 Å². The molecular formula is C14H14BrClINS. The molecule has 2 rings (SSSR count). The second-order valence-corrected chi connectivity index (χ2v) is 8.15. The minimum atomic E-state index is 0.210. The molecule has 1 N–H and O–H groups in total. The van der Waals surface area contributed by atoms with Crippen molar-refractivity contribution in [1.29, 1.82) is 0 Å². The van der Waals surface area contributed by atoms with Crippen LogP contribution in [0.2, 0.25) is 5.02 Å². The predicted molar refractivity (Wildman–Crippen MR) is 96.3 cm³/mol. The molecule has 1 atom stereocenters. The molecule has 0 saturated carbocycles. The number of rotatable bonds is 5. The summed E-state index contributed by atoms with van der Waals surface area (Å²) < 4.78 is 2.27. The van der Waals surface area contributed by atoms with E-state index in [0.717, 1.165) is 21.8 Å². The van der Waals surface area contributed by atoms with Gasteiger partial charge < -0.3 is 5.32 Å². The number of halogens is 3. The number of thiophene rings is 1. The molecule has 5 heteroatoms. The van der Waals surface area contributed by atoms with Crippen LogP contribution in [0.25, 0.3) is 0 Å². The minimum Gasteiger partial charge on any atom is -0.306 e. The zero-order valence-corrected chi connectivity index (χ0v) is 15.7. The molecule has 2 aromatic rings. The van der Waals surface area contributed by atoms with Gasteiger partial charge in [-0.3, -0.25) is 0 Å². The molecule has 0 aliphatic carbocycles. The first-order valence-electron chi connectivity index (χ1n) is 6.06. The molecule has 0 saturated heterocycles. The SMILES string of the molecule is CCCNC(c1cc(Cl)c(Br)s1)c1ccccc1I. The highest BCUT2D eigenvalue weighted by molar-refractivity contribution is 14.1. The molecule has 0 aliphatic rings. The van der Waals surface area contributed by atoms with Gasteiger partial charge in [0, 0.05) is 8.45 Å². The molecule has 0 spiro atoms. The van der Waals surface area contributed by atoms with E-state index in [4.69, 9.17) is 11.6 Å². The fraction of sp³-hybridized carbons (Fsp3) is 0.286. The smallest absolute Gasteiger partial charge is 0.0888 e. The molecule has 1 unspecified atom stereocenters. The molecule has 0 fully saturated rings. The second kappa shape index (κ2) is 7.41. The van der Waals surface area contributed by atoms with Crippen molar-refractivity contribution in [2.45, 2.75) is 19.4 Å². The van der Waals surface area contributed by atoms with Gasteiger partial charge in [-0.25, -0.2) is 0 Å². The number of nitrogens with one attached hydrogen (secondary N) is 1. The molecule has 1 nitrogen and oxygen atoms in total. The number of hydrogen-bond acceptors (Lipinski definition) is 2. The molecule has 1 heterocycles. The summed E-state index contributed by atoms with van der Waals surface area (Å²) in [5.41, 5.74) is 1.31. The molecule has 0 amide bonds. The van der Waals surface area contributed by atoms with Crippen molar-refractivity contribution in [1.82, 2.24) is 5.32 Å². The van der Waals surface area contributed by atoms with Gasteiger partial charge in [0.25, 0.3) is 0 Å². The third-order valence-electron chi connectivity index (χ3n) is 2.76. The van der Waals surface area contributed by atoms with Crippen LogP contribution in [0.15, 0.2) is 34.1 Å². The lowest BCUT2D eigenvalue weighted by Crippen LogP contribution is -2.23. The lowest BCUT2D eigenvalue weighted by atomic mass is 10.1. The van der Waals surface area contributed by atoms with Crippen LogP contribution in [-0.2, 0) is 0 Å². The van der Waals surface area contributed by atoms with Crippen molar-refractivity contribution in [3.05, 3.63) is 53.2 Å². The predicted octanol–water partition coefficient (Wildman–Crippen LogP) is 5.86. The lowest BCUT2D eigenvalue weighted by Gasteiger charge is -2.19. The van der Waals surface area contributed by atoms with Gasteiger partial charge >= 0.3 is 0 Å². The first-order valence-corrected chi connectivity index (χ1v) is 9.12. The Labute approximate surface area is 145 Å². The Morgan fingerprint density at radius 2 is 2.16 bits per heavy atom. The van der Waals surface area contributed by atoms with Crippen LogP contribution in [0.1, 0.15) is 29.8 Å². The van der Waals surface area contributed by atoms with Crippen molar-refractivity contribution >= 4 is 61.5 Å². The average molecular weight is 471 g/mol. The fourth-order valence-corrected chi connectivity index (χ4v) is 4.41. The maximum absolute atomic E-state index is 6.17. The summed E-state index contributed by atoms with van der Waals surface area (Å²) in [7, 11) is 0. The summed E-state index contributed by atoms with van der Waals surface area (Å²) in [5, 5.41) is 4.40. The van der Waals surface area contributed by atoms with E-state index in [-0.39, 0.29) is 6.04 Å². The summed E-state index contributed by atoms with van der Waals surface area (Å²) >= 11 is 13.8. The Bertz CT molecular complexity index is 539. The quantitative estimate of drug-likeness (QED) is 0.540. The van der Waals surface area contributed by atoms with Crippen LogP contribution in [0.3, 0.4) is 0 Å². The first-order chi connectivity index (χ1) is 9.13. The maximum atomic E-state index is 6.17. The normalized spacial score (nSPS) is 12.6. The van der Waals surface area contributed by atoms with Gasteiger partial charge in [-0.05, 0) is 69.2 Å². The van der Waals surface area contributed by atoms with Crippen molar-refractivity contribution in [3.63, 3.8) is 0 Å². The van der Waals surface area contributed by atoms with Crippen LogP contribution in [0, 0.1) is 3.57 Å². The van der Waals surface area contributed by atoms with Crippen molar-refractivity contribution < 1.29 is 0 Å². The van der Waals surface area contributed by atoms with E-state index in [1.807, 2.05) is 6.07 Å². The van der Waals surface area contributed by atoms with E-state index in [1.165, 1.54) is 14.0 Å². The van der Waals surface area contributed by atoms with Gasteiger partial charge in [0.15, 0.2) is 0 Å². The van der Waals surface area contributed by atoms with Gasteiger partial charge in [-0.2, -0.15) is 0 Å². The van der Waals surface area contributed by atoms with E-state index in [2.05, 4.69) is 75.0 Å². The maximum Gasteiger partial charge on any atom is 0.0888 e. The molecule has 0 aliphatic heterocycles. The highest BCUT2D eigenvalue weighted by Crippen LogP contribution is 2.38. The third-order valence-corrected chi connectivity index (χ3v) is 6.29. The van der Waals surface area contributed by atoms with Gasteiger partial charge in [0.05, 0.1) is 14.9 Å². The molecule has 102 valence electrons. The average Bonchev–Trinajstić information content (AvgIpc) is 2.72. The molecular weight excluding hydrogens is 456 g/mol. The van der Waals surface area contributed by atoms with E-state index in [0.29, 0.717) is 0 Å². The Morgan fingerprint density at radius 1 is 1.42 bits per heavy atom. The topological polar surface area (TPSA) is 12.0 Å². The highest BCUT2D eigenvalue weighted by Gasteiger charge is 2.19. The number of benzene rings is 1. The molecule has 1 aromatic carbocycles. The van der Waals surface area contributed by atoms with Gasteiger partial charge in [0.2, 0.25) is 0 Å².